The van der Waals surface area contributed by atoms with E-state index in [9.17, 15) is 31.2 Å². The van der Waals surface area contributed by atoms with Gasteiger partial charge >= 0.3 is 36.5 Å². The molecule has 12 heteroatoms. The van der Waals surface area contributed by atoms with Crippen LogP contribution >= 0.6 is 0 Å². The predicted octanol–water partition coefficient (Wildman–Crippen LogP) is 4.21. The van der Waals surface area contributed by atoms with Gasteiger partial charge in [-0.3, -0.25) is 9.59 Å². The minimum absolute atomic E-state index is 0.190. The summed E-state index contributed by atoms with van der Waals surface area (Å²) in [5, 5.41) is 1.04. The Morgan fingerprint density at radius 3 is 1.49 bits per heavy atom. The molecule has 0 fully saturated rings. The molecule has 0 unspecified atom stereocenters. The highest BCUT2D eigenvalue weighted by atomic mass is 127. The van der Waals surface area contributed by atoms with Crippen LogP contribution in [0.5, 0.6) is 0 Å². The molecular formula is C33H18F3IO7S+. The molecule has 0 saturated heterocycles. The van der Waals surface area contributed by atoms with Gasteiger partial charge in [-0.1, -0.05) is 24.3 Å². The van der Waals surface area contributed by atoms with Crippen LogP contribution < -0.4 is 31.1 Å². The van der Waals surface area contributed by atoms with Gasteiger partial charge in [0.15, 0.2) is 7.14 Å². The van der Waals surface area contributed by atoms with Gasteiger partial charge in [0.1, 0.15) is 22.3 Å². The SMILES string of the molecule is O=c1c2ccccc2oc2ccc([I+](OS(=O)(=O)c3ccc(C(F)(F)F)cc3)c3ccc4oc5ccccc5c(=O)c4c3)cc12. The second-order valence-corrected chi connectivity index (χ2v) is 16.4. The molecule has 0 amide bonds. The fourth-order valence-corrected chi connectivity index (χ4v) is 12.0. The molecule has 0 atom stereocenters. The number of benzene rings is 5. The smallest absolute Gasteiger partial charge is 0.416 e. The number of fused-ring (bicyclic) bond motifs is 4. The summed E-state index contributed by atoms with van der Waals surface area (Å²) in [5.74, 6) is 0. The number of halogens is 4. The second kappa shape index (κ2) is 10.8. The van der Waals surface area contributed by atoms with E-state index >= 15 is 0 Å². The van der Waals surface area contributed by atoms with E-state index in [0.29, 0.717) is 41.2 Å². The van der Waals surface area contributed by atoms with Crippen LogP contribution in [-0.4, -0.2) is 8.42 Å². The van der Waals surface area contributed by atoms with Crippen molar-refractivity contribution >= 4 is 54.0 Å². The summed E-state index contributed by atoms with van der Waals surface area (Å²) in [5.41, 5.74) is -0.371. The normalized spacial score (nSPS) is 12.5. The summed E-state index contributed by atoms with van der Waals surface area (Å²) < 4.78 is 84.9. The number of alkyl halides is 3. The Labute approximate surface area is 259 Å². The quantitative estimate of drug-likeness (QED) is 0.193. The average molecular weight is 742 g/mol. The Morgan fingerprint density at radius 2 is 1.02 bits per heavy atom. The highest BCUT2D eigenvalue weighted by molar-refractivity contribution is 7.86. The molecule has 7 nitrogen and oxygen atoms in total. The van der Waals surface area contributed by atoms with Gasteiger partial charge in [-0.05, 0) is 75.3 Å². The number of hydrogen-bond acceptors (Lipinski definition) is 7. The van der Waals surface area contributed by atoms with Crippen LogP contribution in [0.25, 0.3) is 43.9 Å². The molecule has 7 rings (SSSR count). The molecule has 0 aliphatic rings. The highest BCUT2D eigenvalue weighted by Crippen LogP contribution is 2.30. The van der Waals surface area contributed by atoms with Gasteiger partial charge in [-0.15, -0.1) is 0 Å². The third-order valence-electron chi connectivity index (χ3n) is 7.09. The Kier molecular flexibility index (Phi) is 7.02. The zero-order valence-electron chi connectivity index (χ0n) is 22.7. The van der Waals surface area contributed by atoms with Gasteiger partial charge in [0, 0.05) is 12.1 Å². The van der Waals surface area contributed by atoms with Crippen LogP contribution in [0.15, 0.2) is 133 Å². The molecule has 45 heavy (non-hydrogen) atoms. The highest BCUT2D eigenvalue weighted by Gasteiger charge is 2.39. The molecule has 7 aromatic rings. The van der Waals surface area contributed by atoms with Crippen LogP contribution in [0, 0.1) is 7.14 Å². The fraction of sp³-hybridized carbons (Fsp3) is 0.0303. The molecule has 1 radical (unpaired) electrons. The molecule has 0 aliphatic heterocycles. The van der Waals surface area contributed by atoms with Crippen LogP contribution in [0.1, 0.15) is 5.56 Å². The van der Waals surface area contributed by atoms with E-state index in [1.165, 1.54) is 12.1 Å². The largest absolute Gasteiger partial charge is 0.456 e. The maximum atomic E-state index is 13.5. The molecule has 0 saturated carbocycles. The lowest BCUT2D eigenvalue weighted by Gasteiger charge is -2.09. The molecule has 225 valence electrons. The maximum absolute atomic E-state index is 13.5. The standard InChI is InChI=1S/C33H18F3IO7S/c34-33(35,36)19-9-13-22(14-10-19)45(40,41)44-37(20-11-15-29-25(17-20)31(38)23-5-1-3-7-27(23)42-29)21-12-16-30-26(18-21)32(39)24-6-2-4-8-28(24)43-30/h1-18H/q+1. The summed E-state index contributed by atoms with van der Waals surface area (Å²) in [6.45, 7) is 0. The first kappa shape index (κ1) is 29.2. The van der Waals surface area contributed by atoms with Gasteiger partial charge < -0.3 is 8.83 Å². The number of para-hydroxylation sites is 2. The minimum atomic E-state index is -4.66. The zero-order valence-corrected chi connectivity index (χ0v) is 25.6. The van der Waals surface area contributed by atoms with E-state index in [-0.39, 0.29) is 32.8 Å². The van der Waals surface area contributed by atoms with Gasteiger partial charge in [0.2, 0.25) is 10.9 Å². The minimum Gasteiger partial charge on any atom is -0.456 e. The molecule has 5 aromatic carbocycles. The van der Waals surface area contributed by atoms with E-state index in [1.807, 2.05) is 0 Å². The Balaban J connectivity index is 1.41. The Bertz CT molecular complexity index is 2390. The first-order chi connectivity index (χ1) is 21.5. The van der Waals surface area contributed by atoms with Crippen molar-refractivity contribution in [3.63, 3.8) is 0 Å². The first-order valence-corrected chi connectivity index (χ1v) is 17.7. The van der Waals surface area contributed by atoms with Crippen molar-refractivity contribution in [3.8, 4) is 0 Å². The van der Waals surface area contributed by atoms with Crippen LogP contribution in [-0.2, 0) is 18.8 Å². The van der Waals surface area contributed by atoms with E-state index < -0.39 is 47.0 Å². The van der Waals surface area contributed by atoms with E-state index in [4.69, 9.17) is 11.3 Å². The summed E-state index contributed by atoms with van der Waals surface area (Å²) in [4.78, 5) is 26.4. The van der Waals surface area contributed by atoms with Gasteiger partial charge in [0.25, 0.3) is 0 Å². The summed E-state index contributed by atoms with van der Waals surface area (Å²) in [7, 11) is -4.62. The van der Waals surface area contributed by atoms with Crippen molar-refractivity contribution in [1.82, 2.24) is 0 Å². The lowest BCUT2D eigenvalue weighted by Crippen LogP contribution is -3.85. The lowest BCUT2D eigenvalue weighted by molar-refractivity contribution is -1.03. The molecular weight excluding hydrogens is 724 g/mol. The van der Waals surface area contributed by atoms with Crippen LogP contribution in [0.4, 0.5) is 13.2 Å². The fourth-order valence-electron chi connectivity index (χ4n) is 4.89. The van der Waals surface area contributed by atoms with Crippen molar-refractivity contribution in [1.29, 1.82) is 0 Å². The molecule has 2 aromatic heterocycles. The van der Waals surface area contributed by atoms with Gasteiger partial charge in [-0.2, -0.15) is 21.6 Å². The van der Waals surface area contributed by atoms with Crippen molar-refractivity contribution < 1.29 is 53.2 Å². The monoisotopic (exact) mass is 742 g/mol. The Hall–Kier alpha value is -4.53. The predicted molar refractivity (Wildman–Crippen MR) is 157 cm³/mol. The van der Waals surface area contributed by atoms with Gasteiger partial charge in [-0.25, -0.2) is 0 Å². The number of rotatable bonds is 5. The molecule has 0 spiro atoms. The van der Waals surface area contributed by atoms with E-state index in [1.54, 1.807) is 72.8 Å². The molecule has 2 heterocycles. The molecule has 0 bridgehead atoms. The molecule has 0 N–H and O–H groups in total. The van der Waals surface area contributed by atoms with Crippen molar-refractivity contribution in [2.75, 3.05) is 0 Å². The first-order valence-electron chi connectivity index (χ1n) is 13.2. The third-order valence-corrected chi connectivity index (χ3v) is 14.3. The van der Waals surface area contributed by atoms with Crippen molar-refractivity contribution in [2.24, 2.45) is 0 Å². The maximum Gasteiger partial charge on any atom is 0.416 e. The number of hydrogen-bond donors (Lipinski definition) is 0. The van der Waals surface area contributed by atoms with Gasteiger partial charge in [0.05, 0.1) is 32.0 Å². The average Bonchev–Trinajstić information content (AvgIpc) is 3.03. The topological polar surface area (TPSA) is 104 Å². The van der Waals surface area contributed by atoms with E-state index in [2.05, 4.69) is 0 Å². The summed E-state index contributed by atoms with van der Waals surface area (Å²) >= 11 is -3.59. The van der Waals surface area contributed by atoms with Crippen molar-refractivity contribution in [2.45, 2.75) is 11.1 Å². The lowest BCUT2D eigenvalue weighted by atomic mass is 10.1. The summed E-state index contributed by atoms with van der Waals surface area (Å²) in [6.07, 6.45) is -4.66. The van der Waals surface area contributed by atoms with Crippen molar-refractivity contribution in [3.05, 3.63) is 142 Å². The van der Waals surface area contributed by atoms with E-state index in [0.717, 1.165) is 12.1 Å². The summed E-state index contributed by atoms with van der Waals surface area (Å²) in [6, 6.07) is 25.6. The third kappa shape index (κ3) is 5.28. The van der Waals surface area contributed by atoms with Crippen LogP contribution in [0.3, 0.4) is 0 Å². The molecule has 0 aliphatic carbocycles. The Morgan fingerprint density at radius 1 is 0.578 bits per heavy atom. The zero-order chi connectivity index (χ0) is 31.5. The second-order valence-electron chi connectivity index (χ2n) is 9.92. The van der Waals surface area contributed by atoms with Crippen LogP contribution in [0.2, 0.25) is 0 Å².